The average Bonchev–Trinajstić information content (AvgIpc) is 2.36. The van der Waals surface area contributed by atoms with Crippen molar-refractivity contribution in [2.75, 3.05) is 13.7 Å². The van der Waals surface area contributed by atoms with E-state index < -0.39 is 6.36 Å². The zero-order valence-corrected chi connectivity index (χ0v) is 11.8. The molecule has 1 aromatic rings. The number of alkyl halides is 3. The van der Waals surface area contributed by atoms with Crippen LogP contribution in [0.4, 0.5) is 13.2 Å². The highest BCUT2D eigenvalue weighted by Crippen LogP contribution is 2.26. The highest BCUT2D eigenvalue weighted by molar-refractivity contribution is 5.78. The van der Waals surface area contributed by atoms with Gasteiger partial charge in [-0.15, -0.1) is 13.2 Å². The van der Waals surface area contributed by atoms with Crippen molar-refractivity contribution in [3.05, 3.63) is 29.8 Å². The van der Waals surface area contributed by atoms with Gasteiger partial charge in [0, 0.05) is 18.7 Å². The van der Waals surface area contributed by atoms with Gasteiger partial charge in [0.15, 0.2) is 5.96 Å². The Morgan fingerprint density at radius 1 is 1.38 bits per heavy atom. The standard InChI is InChI=1S/C13H18F3N3O2/c1-9(8-20-2)19-12(17)18-7-10-5-3-4-6-11(10)21-13(14,15)16/h3-6,9H,7-8H2,1-2H3,(H3,17,18,19). The largest absolute Gasteiger partial charge is 0.573 e. The molecule has 0 bridgehead atoms. The third-order valence-corrected chi connectivity index (χ3v) is 2.43. The van der Waals surface area contributed by atoms with Crippen molar-refractivity contribution in [1.29, 1.82) is 0 Å². The Morgan fingerprint density at radius 2 is 2.05 bits per heavy atom. The Labute approximate surface area is 120 Å². The van der Waals surface area contributed by atoms with Crippen molar-refractivity contribution in [2.24, 2.45) is 10.7 Å². The first-order chi connectivity index (χ1) is 9.81. The third-order valence-electron chi connectivity index (χ3n) is 2.43. The molecule has 0 saturated carbocycles. The summed E-state index contributed by atoms with van der Waals surface area (Å²) >= 11 is 0. The van der Waals surface area contributed by atoms with Gasteiger partial charge in [0.2, 0.25) is 0 Å². The van der Waals surface area contributed by atoms with E-state index in [9.17, 15) is 13.2 Å². The fraction of sp³-hybridized carbons (Fsp3) is 0.462. The molecule has 0 aliphatic heterocycles. The number of nitrogens with one attached hydrogen (secondary N) is 1. The van der Waals surface area contributed by atoms with Crippen LogP contribution in [-0.4, -0.2) is 32.1 Å². The molecule has 0 radical (unpaired) electrons. The average molecular weight is 305 g/mol. The number of hydrogen-bond acceptors (Lipinski definition) is 3. The maximum Gasteiger partial charge on any atom is 0.573 e. The summed E-state index contributed by atoms with van der Waals surface area (Å²) in [7, 11) is 1.55. The highest BCUT2D eigenvalue weighted by atomic mass is 19.4. The zero-order chi connectivity index (χ0) is 15.9. The number of methoxy groups -OCH3 is 1. The van der Waals surface area contributed by atoms with Gasteiger partial charge in [-0.2, -0.15) is 0 Å². The lowest BCUT2D eigenvalue weighted by Crippen LogP contribution is -2.40. The number of ether oxygens (including phenoxy) is 2. The van der Waals surface area contributed by atoms with E-state index in [-0.39, 0.29) is 24.3 Å². The molecule has 1 unspecified atom stereocenters. The maximum atomic E-state index is 12.3. The Kier molecular flexibility index (Phi) is 6.29. The Morgan fingerprint density at radius 3 is 2.67 bits per heavy atom. The number of guanidine groups is 1. The molecule has 0 aromatic heterocycles. The fourth-order valence-electron chi connectivity index (χ4n) is 1.62. The molecule has 0 fully saturated rings. The summed E-state index contributed by atoms with van der Waals surface area (Å²) in [5.74, 6) is -0.159. The number of benzene rings is 1. The summed E-state index contributed by atoms with van der Waals surface area (Å²) in [5.41, 5.74) is 5.94. The van der Waals surface area contributed by atoms with Gasteiger partial charge in [0.1, 0.15) is 5.75 Å². The molecule has 8 heteroatoms. The molecule has 0 aliphatic carbocycles. The van der Waals surface area contributed by atoms with Crippen LogP contribution in [0.2, 0.25) is 0 Å². The number of para-hydroxylation sites is 1. The predicted molar refractivity (Wildman–Crippen MR) is 72.9 cm³/mol. The molecule has 0 heterocycles. The second-order valence-corrected chi connectivity index (χ2v) is 4.36. The molecule has 21 heavy (non-hydrogen) atoms. The zero-order valence-electron chi connectivity index (χ0n) is 11.8. The van der Waals surface area contributed by atoms with Gasteiger partial charge in [0.25, 0.3) is 0 Å². The van der Waals surface area contributed by atoms with E-state index >= 15 is 0 Å². The summed E-state index contributed by atoms with van der Waals surface area (Å²) in [6.45, 7) is 2.25. The Balaban J connectivity index is 2.70. The van der Waals surface area contributed by atoms with Gasteiger partial charge >= 0.3 is 6.36 Å². The molecular formula is C13H18F3N3O2. The lowest BCUT2D eigenvalue weighted by molar-refractivity contribution is -0.274. The predicted octanol–water partition coefficient (Wildman–Crippen LogP) is 2.02. The highest BCUT2D eigenvalue weighted by Gasteiger charge is 2.31. The van der Waals surface area contributed by atoms with E-state index in [1.165, 1.54) is 18.2 Å². The summed E-state index contributed by atoms with van der Waals surface area (Å²) in [4.78, 5) is 3.99. The van der Waals surface area contributed by atoms with E-state index in [1.807, 2.05) is 6.92 Å². The summed E-state index contributed by atoms with van der Waals surface area (Å²) in [6, 6.07) is 5.73. The topological polar surface area (TPSA) is 68.9 Å². The molecule has 1 aromatic carbocycles. The first-order valence-corrected chi connectivity index (χ1v) is 6.21. The van der Waals surface area contributed by atoms with Crippen LogP contribution >= 0.6 is 0 Å². The molecule has 0 spiro atoms. The minimum atomic E-state index is -4.74. The number of rotatable bonds is 6. The molecule has 0 aliphatic rings. The van der Waals surface area contributed by atoms with Gasteiger partial charge in [-0.05, 0) is 13.0 Å². The molecule has 118 valence electrons. The lowest BCUT2D eigenvalue weighted by Gasteiger charge is -2.14. The second kappa shape index (κ2) is 7.72. The molecule has 5 nitrogen and oxygen atoms in total. The third kappa shape index (κ3) is 6.84. The van der Waals surface area contributed by atoms with Crippen LogP contribution in [0.3, 0.4) is 0 Å². The van der Waals surface area contributed by atoms with Crippen LogP contribution in [0, 0.1) is 0 Å². The summed E-state index contributed by atoms with van der Waals surface area (Å²) < 4.78 is 45.7. The number of halogens is 3. The molecule has 1 rings (SSSR count). The van der Waals surface area contributed by atoms with Gasteiger partial charge in [-0.3, -0.25) is 0 Å². The van der Waals surface area contributed by atoms with E-state index in [0.29, 0.717) is 12.2 Å². The van der Waals surface area contributed by atoms with Crippen LogP contribution in [0.15, 0.2) is 29.3 Å². The fourth-order valence-corrected chi connectivity index (χ4v) is 1.62. The van der Waals surface area contributed by atoms with Crippen LogP contribution in [0.5, 0.6) is 5.75 Å². The van der Waals surface area contributed by atoms with Crippen LogP contribution in [0.25, 0.3) is 0 Å². The minimum Gasteiger partial charge on any atom is -0.405 e. The minimum absolute atomic E-state index is 0.0230. The van der Waals surface area contributed by atoms with Crippen LogP contribution in [-0.2, 0) is 11.3 Å². The first-order valence-electron chi connectivity index (χ1n) is 6.21. The number of nitrogens with zero attached hydrogens (tertiary/aromatic N) is 1. The lowest BCUT2D eigenvalue weighted by atomic mass is 10.2. The maximum absolute atomic E-state index is 12.3. The first kappa shape index (κ1) is 17.1. The van der Waals surface area contributed by atoms with E-state index in [1.54, 1.807) is 13.2 Å². The molecule has 0 saturated heterocycles. The Hall–Kier alpha value is -1.96. The van der Waals surface area contributed by atoms with Crippen molar-refractivity contribution in [2.45, 2.75) is 25.9 Å². The summed E-state index contributed by atoms with van der Waals surface area (Å²) in [5, 5.41) is 2.86. The van der Waals surface area contributed by atoms with E-state index in [0.717, 1.165) is 0 Å². The van der Waals surface area contributed by atoms with E-state index in [2.05, 4.69) is 15.0 Å². The van der Waals surface area contributed by atoms with Crippen molar-refractivity contribution >= 4 is 5.96 Å². The van der Waals surface area contributed by atoms with Gasteiger partial charge in [0.05, 0.1) is 13.2 Å². The van der Waals surface area contributed by atoms with Crippen molar-refractivity contribution in [3.63, 3.8) is 0 Å². The Bertz CT molecular complexity index is 478. The SMILES string of the molecule is COCC(C)NC(N)=NCc1ccccc1OC(F)(F)F. The van der Waals surface area contributed by atoms with Gasteiger partial charge in [-0.25, -0.2) is 4.99 Å². The number of nitrogens with two attached hydrogens (primary N) is 1. The quantitative estimate of drug-likeness (QED) is 0.623. The summed E-state index contributed by atoms with van der Waals surface area (Å²) in [6.07, 6.45) is -4.74. The molecular weight excluding hydrogens is 287 g/mol. The van der Waals surface area contributed by atoms with Crippen LogP contribution < -0.4 is 15.8 Å². The second-order valence-electron chi connectivity index (χ2n) is 4.36. The molecule has 0 amide bonds. The molecule has 1 atom stereocenters. The number of hydrogen-bond donors (Lipinski definition) is 2. The molecule has 3 N–H and O–H groups in total. The van der Waals surface area contributed by atoms with E-state index in [4.69, 9.17) is 10.5 Å². The van der Waals surface area contributed by atoms with Crippen LogP contribution in [0.1, 0.15) is 12.5 Å². The smallest absolute Gasteiger partial charge is 0.405 e. The van der Waals surface area contributed by atoms with Gasteiger partial charge in [-0.1, -0.05) is 18.2 Å². The van der Waals surface area contributed by atoms with Gasteiger partial charge < -0.3 is 20.5 Å². The van der Waals surface area contributed by atoms with Crippen molar-refractivity contribution in [3.8, 4) is 5.75 Å². The number of aliphatic imine (C=N–C) groups is 1. The van der Waals surface area contributed by atoms with Crippen molar-refractivity contribution < 1.29 is 22.6 Å². The normalized spacial score (nSPS) is 13.9. The van der Waals surface area contributed by atoms with Crippen molar-refractivity contribution in [1.82, 2.24) is 5.32 Å². The monoisotopic (exact) mass is 305 g/mol.